The quantitative estimate of drug-likeness (QED) is 0.263. The summed E-state index contributed by atoms with van der Waals surface area (Å²) < 4.78 is 39.7. The van der Waals surface area contributed by atoms with Crippen molar-refractivity contribution in [2.45, 2.75) is 38.5 Å². The van der Waals surface area contributed by atoms with E-state index in [2.05, 4.69) is 30.6 Å². The van der Waals surface area contributed by atoms with Crippen molar-refractivity contribution in [1.82, 2.24) is 30.2 Å². The lowest BCUT2D eigenvalue weighted by molar-refractivity contribution is 0.0690. The number of likely N-dealkylation sites (tertiary alicyclic amines) is 1. The number of aromatic nitrogens is 4. The third-order valence-corrected chi connectivity index (χ3v) is 7.85. The zero-order valence-corrected chi connectivity index (χ0v) is 23.7. The predicted octanol–water partition coefficient (Wildman–Crippen LogP) is 5.32. The lowest BCUT2D eigenvalue weighted by Crippen LogP contribution is -2.37. The van der Waals surface area contributed by atoms with Crippen molar-refractivity contribution < 1.29 is 18.0 Å². The van der Waals surface area contributed by atoms with Crippen LogP contribution in [0.3, 0.4) is 0 Å². The maximum absolute atomic E-state index is 14.4. The van der Waals surface area contributed by atoms with Crippen LogP contribution in [0.15, 0.2) is 55.1 Å². The third kappa shape index (κ3) is 6.84. The van der Waals surface area contributed by atoms with Gasteiger partial charge in [-0.2, -0.15) is 0 Å². The lowest BCUT2D eigenvalue weighted by Gasteiger charge is -2.31. The number of benzene rings is 1. The van der Waals surface area contributed by atoms with Crippen molar-refractivity contribution in [2.75, 3.05) is 38.5 Å². The number of fused-ring (bicyclic) bond motifs is 1. The minimum atomic E-state index is -2.28. The Morgan fingerprint density at radius 2 is 1.88 bits per heavy atom. The van der Waals surface area contributed by atoms with Gasteiger partial charge in [0, 0.05) is 48.4 Å². The molecular weight excluding hydrogens is 543 g/mol. The van der Waals surface area contributed by atoms with Crippen LogP contribution in [0.5, 0.6) is 0 Å². The minimum Gasteiger partial charge on any atom is -0.369 e. The average Bonchev–Trinajstić information content (AvgIpc) is 3.00. The van der Waals surface area contributed by atoms with Crippen molar-refractivity contribution in [2.24, 2.45) is 5.92 Å². The van der Waals surface area contributed by atoms with Gasteiger partial charge in [-0.15, -0.1) is 0 Å². The van der Waals surface area contributed by atoms with Crippen LogP contribution in [-0.2, 0) is 6.42 Å². The zero-order chi connectivity index (χ0) is 29.6. The van der Waals surface area contributed by atoms with Gasteiger partial charge in [0.15, 0.2) is 5.82 Å². The van der Waals surface area contributed by atoms with Crippen LogP contribution >= 0.6 is 0 Å². The Bertz CT molecular complexity index is 1530. The lowest BCUT2D eigenvalue weighted by atomic mass is 9.92. The molecule has 42 heavy (non-hydrogen) atoms. The van der Waals surface area contributed by atoms with E-state index in [1.807, 2.05) is 36.1 Å². The van der Waals surface area contributed by atoms with Crippen molar-refractivity contribution in [3.63, 3.8) is 0 Å². The molecular formula is C31H34F3N7O. The molecule has 1 fully saturated rings. The Morgan fingerprint density at radius 1 is 1.07 bits per heavy atom. The van der Waals surface area contributed by atoms with Gasteiger partial charge in [0.2, 0.25) is 0 Å². The summed E-state index contributed by atoms with van der Waals surface area (Å²) in [6.45, 7) is 3.82. The Morgan fingerprint density at radius 3 is 2.60 bits per heavy atom. The molecule has 3 aromatic heterocycles. The molecule has 2 N–H and O–H groups in total. The molecule has 0 radical (unpaired) electrons. The minimum absolute atomic E-state index is 0.0140. The van der Waals surface area contributed by atoms with Crippen molar-refractivity contribution in [1.29, 1.82) is 0 Å². The molecule has 1 aromatic carbocycles. The van der Waals surface area contributed by atoms with E-state index in [9.17, 15) is 18.0 Å². The monoisotopic (exact) mass is 577 g/mol. The van der Waals surface area contributed by atoms with E-state index in [4.69, 9.17) is 0 Å². The van der Waals surface area contributed by atoms with Crippen LogP contribution in [0, 0.1) is 11.7 Å². The van der Waals surface area contributed by atoms with E-state index >= 15 is 0 Å². The van der Waals surface area contributed by atoms with Crippen LogP contribution in [0.2, 0.25) is 0 Å². The number of pyridine rings is 2. The molecule has 4 aromatic rings. The second-order valence-corrected chi connectivity index (χ2v) is 10.8. The highest BCUT2D eigenvalue weighted by atomic mass is 19.3. The van der Waals surface area contributed by atoms with Gasteiger partial charge in [-0.25, -0.2) is 23.1 Å². The highest BCUT2D eigenvalue weighted by molar-refractivity contribution is 6.06. The fourth-order valence-electron chi connectivity index (χ4n) is 5.52. The molecule has 4 heterocycles. The summed E-state index contributed by atoms with van der Waals surface area (Å²) in [4.78, 5) is 31.9. The standard InChI is InChI=1S/C31H34F3N7O/c1-19(23-4-3-5-24-29(31(42)35-2)25(32)16-38-30(23)24)14-37-28-13-26(39-18-40-28)21-6-7-22(36-15-21)12-20-8-10-41(11-9-20)17-27(33)34/h3-7,13,15-16,18-20,27H,8-12,14,17H2,1-2H3,(H,35,42)(H,37,39,40)/t19-/m1/s1. The first-order valence-electron chi connectivity index (χ1n) is 14.1. The van der Waals surface area contributed by atoms with E-state index in [1.165, 1.54) is 13.4 Å². The van der Waals surface area contributed by atoms with E-state index < -0.39 is 18.1 Å². The van der Waals surface area contributed by atoms with E-state index in [-0.39, 0.29) is 18.0 Å². The van der Waals surface area contributed by atoms with Gasteiger partial charge in [-0.1, -0.05) is 25.1 Å². The number of nitrogens with zero attached hydrogens (tertiary/aromatic N) is 5. The van der Waals surface area contributed by atoms with Crippen LogP contribution in [-0.4, -0.2) is 70.4 Å². The smallest absolute Gasteiger partial charge is 0.254 e. The zero-order valence-electron chi connectivity index (χ0n) is 23.7. The van der Waals surface area contributed by atoms with E-state index in [1.54, 1.807) is 18.3 Å². The first-order chi connectivity index (χ1) is 20.3. The average molecular weight is 578 g/mol. The van der Waals surface area contributed by atoms with E-state index in [0.29, 0.717) is 42.3 Å². The van der Waals surface area contributed by atoms with Crippen molar-refractivity contribution >= 4 is 22.6 Å². The first kappa shape index (κ1) is 29.4. The number of para-hydroxylation sites is 1. The molecule has 220 valence electrons. The Labute approximate surface area is 242 Å². The van der Waals surface area contributed by atoms with Gasteiger partial charge in [0.05, 0.1) is 29.5 Å². The van der Waals surface area contributed by atoms with Gasteiger partial charge >= 0.3 is 0 Å². The summed E-state index contributed by atoms with van der Waals surface area (Å²) in [5, 5.41) is 6.32. The number of carbonyl (C=O) groups excluding carboxylic acids is 1. The molecule has 0 unspecified atom stereocenters. The van der Waals surface area contributed by atoms with Crippen LogP contribution < -0.4 is 10.6 Å². The number of amides is 1. The third-order valence-electron chi connectivity index (χ3n) is 7.85. The van der Waals surface area contributed by atoms with Gasteiger partial charge in [0.1, 0.15) is 12.1 Å². The van der Waals surface area contributed by atoms with Gasteiger partial charge in [-0.05, 0) is 56.0 Å². The summed E-state index contributed by atoms with van der Waals surface area (Å²) in [7, 11) is 1.47. The number of piperidine rings is 1. The molecule has 1 saturated heterocycles. The molecule has 1 amide bonds. The van der Waals surface area contributed by atoms with Gasteiger partial charge < -0.3 is 10.6 Å². The second-order valence-electron chi connectivity index (χ2n) is 10.8. The summed E-state index contributed by atoms with van der Waals surface area (Å²) in [5.74, 6) is -0.0800. The Kier molecular flexibility index (Phi) is 9.26. The van der Waals surface area contributed by atoms with Crippen LogP contribution in [0.4, 0.5) is 19.0 Å². The molecule has 0 spiro atoms. The van der Waals surface area contributed by atoms with Gasteiger partial charge in [0.25, 0.3) is 12.3 Å². The molecule has 0 saturated carbocycles. The first-order valence-corrected chi connectivity index (χ1v) is 14.1. The summed E-state index contributed by atoms with van der Waals surface area (Å²) in [6, 6.07) is 11.3. The number of anilines is 1. The van der Waals surface area contributed by atoms with Crippen molar-refractivity contribution in [3.05, 3.63) is 77.8 Å². The number of halogens is 3. The van der Waals surface area contributed by atoms with E-state index in [0.717, 1.165) is 48.0 Å². The highest BCUT2D eigenvalue weighted by Crippen LogP contribution is 2.28. The molecule has 11 heteroatoms. The Hall–Kier alpha value is -4.12. The van der Waals surface area contributed by atoms with Crippen LogP contribution in [0.1, 0.15) is 47.3 Å². The number of carbonyl (C=O) groups is 1. The molecule has 0 aliphatic carbocycles. The fourth-order valence-corrected chi connectivity index (χ4v) is 5.52. The maximum atomic E-state index is 14.4. The molecule has 8 nitrogen and oxygen atoms in total. The maximum Gasteiger partial charge on any atom is 0.254 e. The normalized spacial score (nSPS) is 15.2. The number of hydrogen-bond acceptors (Lipinski definition) is 7. The summed E-state index contributed by atoms with van der Waals surface area (Å²) in [6.07, 6.45) is 4.74. The van der Waals surface area contributed by atoms with Gasteiger partial charge in [-0.3, -0.25) is 19.7 Å². The SMILES string of the molecule is CNC(=O)c1c(F)cnc2c([C@H](C)CNc3cc(-c4ccc(CC5CCN(CC(F)F)CC5)nc4)ncn3)cccc12. The second kappa shape index (κ2) is 13.2. The van der Waals surface area contributed by atoms with Crippen molar-refractivity contribution in [3.8, 4) is 11.3 Å². The largest absolute Gasteiger partial charge is 0.369 e. The topological polar surface area (TPSA) is 95.9 Å². The molecule has 0 bridgehead atoms. The predicted molar refractivity (Wildman–Crippen MR) is 156 cm³/mol. The Balaban J connectivity index is 1.22. The fraction of sp³-hybridized carbons (Fsp3) is 0.387. The number of alkyl halides is 2. The number of rotatable bonds is 10. The molecule has 1 aliphatic heterocycles. The summed E-state index contributed by atoms with van der Waals surface area (Å²) >= 11 is 0. The molecule has 5 rings (SSSR count). The van der Waals surface area contributed by atoms with Crippen LogP contribution in [0.25, 0.3) is 22.2 Å². The highest BCUT2D eigenvalue weighted by Gasteiger charge is 2.22. The summed E-state index contributed by atoms with van der Waals surface area (Å²) in [5.41, 5.74) is 4.04. The molecule has 1 aliphatic rings. The molecule has 1 atom stereocenters. The number of hydrogen-bond donors (Lipinski definition) is 2. The number of nitrogens with one attached hydrogen (secondary N) is 2.